The van der Waals surface area contributed by atoms with Crippen LogP contribution in [0.3, 0.4) is 0 Å². The second-order valence-corrected chi connectivity index (χ2v) is 4.60. The van der Waals surface area contributed by atoms with Crippen LogP contribution >= 0.6 is 0 Å². The minimum Gasteiger partial charge on any atom is -0.465 e. The molecule has 0 spiro atoms. The van der Waals surface area contributed by atoms with Crippen molar-refractivity contribution in [1.29, 1.82) is 0 Å². The summed E-state index contributed by atoms with van der Waals surface area (Å²) in [5, 5.41) is 3.20. The number of carbonyl (C=O) groups excluding carboxylic acids is 1. The molecule has 0 bridgehead atoms. The van der Waals surface area contributed by atoms with Gasteiger partial charge in [-0.1, -0.05) is 40.0 Å². The van der Waals surface area contributed by atoms with Crippen LogP contribution in [0.15, 0.2) is 0 Å². The molecule has 0 heterocycles. The molecule has 0 aromatic heterocycles. The molecule has 17 heavy (non-hydrogen) atoms. The summed E-state index contributed by atoms with van der Waals surface area (Å²) >= 11 is 0. The zero-order valence-corrected chi connectivity index (χ0v) is 11.8. The average molecular weight is 243 g/mol. The lowest BCUT2D eigenvalue weighted by Gasteiger charge is -2.14. The Labute approximate surface area is 106 Å². The van der Waals surface area contributed by atoms with Gasteiger partial charge in [-0.25, -0.2) is 0 Å². The number of esters is 1. The van der Waals surface area contributed by atoms with Crippen molar-refractivity contribution in [2.24, 2.45) is 5.92 Å². The molecule has 0 saturated heterocycles. The minimum absolute atomic E-state index is 0.0662. The van der Waals surface area contributed by atoms with Crippen LogP contribution in [-0.2, 0) is 9.53 Å². The van der Waals surface area contributed by atoms with Crippen molar-refractivity contribution in [2.45, 2.75) is 59.3 Å². The normalized spacial score (nSPS) is 12.4. The number of nitrogens with one attached hydrogen (secondary N) is 1. The van der Waals surface area contributed by atoms with Crippen molar-refractivity contribution < 1.29 is 9.53 Å². The van der Waals surface area contributed by atoms with Crippen molar-refractivity contribution in [3.8, 4) is 0 Å². The van der Waals surface area contributed by atoms with E-state index in [4.69, 9.17) is 4.74 Å². The maximum atomic E-state index is 11.4. The quantitative estimate of drug-likeness (QED) is 0.447. The van der Waals surface area contributed by atoms with Gasteiger partial charge in [-0.15, -0.1) is 0 Å². The van der Waals surface area contributed by atoms with Crippen LogP contribution in [0.1, 0.15) is 59.3 Å². The lowest BCUT2D eigenvalue weighted by molar-refractivity contribution is -0.145. The molecule has 0 fully saturated rings. The number of ether oxygens (including phenoxy) is 1. The fourth-order valence-corrected chi connectivity index (χ4v) is 1.67. The van der Waals surface area contributed by atoms with Gasteiger partial charge in [-0.2, -0.15) is 0 Å². The van der Waals surface area contributed by atoms with Gasteiger partial charge in [0.1, 0.15) is 0 Å². The van der Waals surface area contributed by atoms with Gasteiger partial charge in [-0.3, -0.25) is 4.79 Å². The van der Waals surface area contributed by atoms with Crippen LogP contribution in [0.5, 0.6) is 0 Å². The Morgan fingerprint density at radius 3 is 2.53 bits per heavy atom. The average Bonchev–Trinajstić information content (AvgIpc) is 2.35. The van der Waals surface area contributed by atoms with E-state index >= 15 is 0 Å². The van der Waals surface area contributed by atoms with Gasteiger partial charge in [0.2, 0.25) is 0 Å². The van der Waals surface area contributed by atoms with Crippen LogP contribution in [0.25, 0.3) is 0 Å². The summed E-state index contributed by atoms with van der Waals surface area (Å²) in [6.45, 7) is 8.78. The maximum absolute atomic E-state index is 11.4. The van der Waals surface area contributed by atoms with Gasteiger partial charge in [0.05, 0.1) is 13.0 Å². The molecule has 1 atom stereocenters. The van der Waals surface area contributed by atoms with Crippen LogP contribution in [0.2, 0.25) is 0 Å². The summed E-state index contributed by atoms with van der Waals surface area (Å²) in [6, 6.07) is 0. The summed E-state index contributed by atoms with van der Waals surface area (Å²) in [4.78, 5) is 11.4. The summed E-state index contributed by atoms with van der Waals surface area (Å²) in [7, 11) is 0. The third-order valence-corrected chi connectivity index (χ3v) is 2.96. The third kappa shape index (κ3) is 10.3. The van der Waals surface area contributed by atoms with E-state index in [9.17, 15) is 4.79 Å². The zero-order valence-electron chi connectivity index (χ0n) is 11.8. The minimum atomic E-state index is -0.0662. The van der Waals surface area contributed by atoms with E-state index in [1.54, 1.807) is 0 Å². The Morgan fingerprint density at radius 2 is 1.94 bits per heavy atom. The standard InChI is InChI=1S/C14H29NO2/c1-4-7-8-13(6-3)12-17-14(16)9-11-15-10-5-2/h13,15H,4-12H2,1-3H3. The van der Waals surface area contributed by atoms with E-state index in [0.29, 0.717) is 18.9 Å². The number of hydrogen-bond acceptors (Lipinski definition) is 3. The van der Waals surface area contributed by atoms with E-state index in [2.05, 4.69) is 26.1 Å². The van der Waals surface area contributed by atoms with E-state index in [1.165, 1.54) is 19.3 Å². The largest absolute Gasteiger partial charge is 0.465 e. The molecule has 0 aromatic carbocycles. The van der Waals surface area contributed by atoms with Gasteiger partial charge in [-0.05, 0) is 25.3 Å². The van der Waals surface area contributed by atoms with Crippen molar-refractivity contribution in [2.75, 3.05) is 19.7 Å². The SMILES string of the molecule is CCCCC(CC)COC(=O)CCNCCC. The molecule has 1 N–H and O–H groups in total. The Morgan fingerprint density at radius 1 is 1.18 bits per heavy atom. The lowest BCUT2D eigenvalue weighted by Crippen LogP contribution is -2.21. The number of hydrogen-bond donors (Lipinski definition) is 1. The predicted molar refractivity (Wildman–Crippen MR) is 72.0 cm³/mol. The lowest BCUT2D eigenvalue weighted by atomic mass is 10.0. The highest BCUT2D eigenvalue weighted by Crippen LogP contribution is 2.12. The second kappa shape index (κ2) is 11.9. The molecule has 0 radical (unpaired) electrons. The maximum Gasteiger partial charge on any atom is 0.307 e. The molecule has 0 amide bonds. The van der Waals surface area contributed by atoms with Gasteiger partial charge in [0.25, 0.3) is 0 Å². The first-order chi connectivity index (χ1) is 8.24. The molecular formula is C14H29NO2. The summed E-state index contributed by atoms with van der Waals surface area (Å²) in [5.41, 5.74) is 0. The first-order valence-electron chi connectivity index (χ1n) is 7.10. The van der Waals surface area contributed by atoms with Crippen molar-refractivity contribution in [3.05, 3.63) is 0 Å². The summed E-state index contributed by atoms with van der Waals surface area (Å²) in [5.74, 6) is 0.478. The Kier molecular flexibility index (Phi) is 11.5. The molecule has 102 valence electrons. The molecule has 0 aromatic rings. The highest BCUT2D eigenvalue weighted by Gasteiger charge is 2.09. The van der Waals surface area contributed by atoms with Crippen molar-refractivity contribution >= 4 is 5.97 Å². The first kappa shape index (κ1) is 16.4. The Balaban J connectivity index is 3.52. The van der Waals surface area contributed by atoms with Crippen molar-refractivity contribution in [1.82, 2.24) is 5.32 Å². The molecule has 0 aliphatic heterocycles. The zero-order chi connectivity index (χ0) is 12.9. The molecule has 0 saturated carbocycles. The third-order valence-electron chi connectivity index (χ3n) is 2.96. The van der Waals surface area contributed by atoms with E-state index in [0.717, 1.165) is 25.9 Å². The topological polar surface area (TPSA) is 38.3 Å². The molecule has 3 heteroatoms. The summed E-state index contributed by atoms with van der Waals surface area (Å²) in [6.07, 6.45) is 6.31. The van der Waals surface area contributed by atoms with Crippen LogP contribution in [-0.4, -0.2) is 25.7 Å². The fourth-order valence-electron chi connectivity index (χ4n) is 1.67. The Bertz CT molecular complexity index is 183. The van der Waals surface area contributed by atoms with E-state index in [-0.39, 0.29) is 5.97 Å². The molecular weight excluding hydrogens is 214 g/mol. The molecule has 1 unspecified atom stereocenters. The Hall–Kier alpha value is -0.570. The smallest absolute Gasteiger partial charge is 0.307 e. The van der Waals surface area contributed by atoms with Gasteiger partial charge in [0, 0.05) is 6.54 Å². The van der Waals surface area contributed by atoms with Gasteiger partial charge >= 0.3 is 5.97 Å². The van der Waals surface area contributed by atoms with Gasteiger partial charge < -0.3 is 10.1 Å². The second-order valence-electron chi connectivity index (χ2n) is 4.60. The molecule has 0 aliphatic rings. The van der Waals surface area contributed by atoms with E-state index in [1.807, 2.05) is 0 Å². The van der Waals surface area contributed by atoms with E-state index < -0.39 is 0 Å². The monoisotopic (exact) mass is 243 g/mol. The predicted octanol–water partition coefficient (Wildman–Crippen LogP) is 3.14. The van der Waals surface area contributed by atoms with Crippen LogP contribution in [0, 0.1) is 5.92 Å². The highest BCUT2D eigenvalue weighted by molar-refractivity contribution is 5.69. The number of rotatable bonds is 11. The van der Waals surface area contributed by atoms with Gasteiger partial charge in [0.15, 0.2) is 0 Å². The molecule has 0 aliphatic carbocycles. The summed E-state index contributed by atoms with van der Waals surface area (Å²) < 4.78 is 5.29. The van der Waals surface area contributed by atoms with Crippen LogP contribution in [0.4, 0.5) is 0 Å². The highest BCUT2D eigenvalue weighted by atomic mass is 16.5. The van der Waals surface area contributed by atoms with Crippen molar-refractivity contribution in [3.63, 3.8) is 0 Å². The van der Waals surface area contributed by atoms with Crippen LogP contribution < -0.4 is 5.32 Å². The number of carbonyl (C=O) groups is 1. The number of unbranched alkanes of at least 4 members (excludes halogenated alkanes) is 1. The first-order valence-corrected chi connectivity index (χ1v) is 7.10. The fraction of sp³-hybridized carbons (Fsp3) is 0.929. The molecule has 0 rings (SSSR count). The molecule has 3 nitrogen and oxygen atoms in total.